The minimum atomic E-state index is 0.816. The lowest BCUT2D eigenvalue weighted by Gasteiger charge is -2.33. The lowest BCUT2D eigenvalue weighted by atomic mass is 9.94. The lowest BCUT2D eigenvalue weighted by molar-refractivity contribution is 0.398. The number of fused-ring (bicyclic) bond motifs is 3. The smallest absolute Gasteiger partial charge is 0.0422 e. The molecule has 4 rings (SSSR count). The highest BCUT2D eigenvalue weighted by atomic mass is 15.2. The first kappa shape index (κ1) is 9.81. The van der Waals surface area contributed by atoms with Crippen LogP contribution in [-0.2, 0) is 6.42 Å². The Balaban J connectivity index is 1.68. The topological polar surface area (TPSA) is 29.3 Å². The Kier molecular flexibility index (Phi) is 1.97. The molecule has 0 saturated heterocycles. The van der Waals surface area contributed by atoms with Crippen LogP contribution in [0.5, 0.6) is 0 Å². The maximum atomic E-state index is 6.08. The van der Waals surface area contributed by atoms with E-state index >= 15 is 0 Å². The Morgan fingerprint density at radius 1 is 1.18 bits per heavy atom. The van der Waals surface area contributed by atoms with E-state index < -0.39 is 0 Å². The summed E-state index contributed by atoms with van der Waals surface area (Å²) in [5, 5.41) is 0. The highest BCUT2D eigenvalue weighted by Gasteiger charge is 2.43. The zero-order valence-electron chi connectivity index (χ0n) is 10.2. The predicted molar refractivity (Wildman–Crippen MR) is 71.1 cm³/mol. The SMILES string of the molecule is Nc1cccc2c1CCN2C1CC2CCC1C2. The van der Waals surface area contributed by atoms with Gasteiger partial charge in [-0.25, -0.2) is 0 Å². The summed E-state index contributed by atoms with van der Waals surface area (Å²) in [6, 6.07) is 7.24. The van der Waals surface area contributed by atoms with Crippen LogP contribution in [0.25, 0.3) is 0 Å². The van der Waals surface area contributed by atoms with Crippen LogP contribution in [0.3, 0.4) is 0 Å². The molecule has 0 aromatic heterocycles. The molecule has 2 fully saturated rings. The van der Waals surface area contributed by atoms with Gasteiger partial charge in [-0.1, -0.05) is 12.5 Å². The molecular weight excluding hydrogens is 208 g/mol. The first-order valence-corrected chi connectivity index (χ1v) is 6.97. The predicted octanol–water partition coefficient (Wildman–Crippen LogP) is 2.82. The molecule has 1 aromatic carbocycles. The summed E-state index contributed by atoms with van der Waals surface area (Å²) in [4.78, 5) is 2.66. The number of hydrogen-bond donors (Lipinski definition) is 1. The summed E-state index contributed by atoms with van der Waals surface area (Å²) in [6.07, 6.45) is 7.01. The molecule has 2 nitrogen and oxygen atoms in total. The average molecular weight is 228 g/mol. The Hall–Kier alpha value is -1.18. The standard InChI is InChI=1S/C15H20N2/c16-13-2-1-3-14-12(13)6-7-17(14)15-9-10-4-5-11(15)8-10/h1-3,10-11,15H,4-9,16H2. The summed E-state index contributed by atoms with van der Waals surface area (Å²) in [6.45, 7) is 1.19. The maximum absolute atomic E-state index is 6.08. The van der Waals surface area contributed by atoms with Gasteiger partial charge in [0.15, 0.2) is 0 Å². The van der Waals surface area contributed by atoms with Crippen LogP contribution in [0.1, 0.15) is 31.2 Å². The Bertz CT molecular complexity index is 454. The molecule has 2 bridgehead atoms. The van der Waals surface area contributed by atoms with Gasteiger partial charge in [-0.15, -0.1) is 0 Å². The molecular formula is C15H20N2. The molecule has 1 aromatic rings. The summed E-state index contributed by atoms with van der Waals surface area (Å²) < 4.78 is 0. The van der Waals surface area contributed by atoms with E-state index in [9.17, 15) is 0 Å². The number of nitrogen functional groups attached to an aromatic ring is 1. The van der Waals surface area contributed by atoms with E-state index in [4.69, 9.17) is 5.73 Å². The van der Waals surface area contributed by atoms with Crippen molar-refractivity contribution in [1.82, 2.24) is 0 Å². The molecule has 0 radical (unpaired) electrons. The van der Waals surface area contributed by atoms with Gasteiger partial charge in [0.05, 0.1) is 0 Å². The Morgan fingerprint density at radius 3 is 2.88 bits per heavy atom. The van der Waals surface area contributed by atoms with Crippen molar-refractivity contribution in [3.8, 4) is 0 Å². The maximum Gasteiger partial charge on any atom is 0.0422 e. The van der Waals surface area contributed by atoms with Crippen LogP contribution < -0.4 is 10.6 Å². The molecule has 90 valence electrons. The summed E-state index contributed by atoms with van der Waals surface area (Å²) in [5.74, 6) is 1.99. The molecule has 0 spiro atoms. The van der Waals surface area contributed by atoms with E-state index in [2.05, 4.69) is 17.0 Å². The fourth-order valence-corrected chi connectivity index (χ4v) is 4.42. The van der Waals surface area contributed by atoms with Crippen molar-refractivity contribution in [3.63, 3.8) is 0 Å². The molecule has 2 aliphatic carbocycles. The van der Waals surface area contributed by atoms with Crippen LogP contribution in [0, 0.1) is 11.8 Å². The highest BCUT2D eigenvalue weighted by molar-refractivity contribution is 5.68. The summed E-state index contributed by atoms with van der Waals surface area (Å²) in [7, 11) is 0. The number of nitrogens with zero attached hydrogens (tertiary/aromatic N) is 1. The van der Waals surface area contributed by atoms with Crippen LogP contribution in [-0.4, -0.2) is 12.6 Å². The first-order chi connectivity index (χ1) is 8.33. The molecule has 3 aliphatic rings. The summed E-state index contributed by atoms with van der Waals surface area (Å²) >= 11 is 0. The van der Waals surface area contributed by atoms with Crippen LogP contribution in [0.2, 0.25) is 0 Å². The fourth-order valence-electron chi connectivity index (χ4n) is 4.42. The van der Waals surface area contributed by atoms with E-state index in [0.29, 0.717) is 0 Å². The monoisotopic (exact) mass is 228 g/mol. The highest BCUT2D eigenvalue weighted by Crippen LogP contribution is 2.49. The number of anilines is 2. The van der Waals surface area contributed by atoms with Gasteiger partial charge in [0.25, 0.3) is 0 Å². The van der Waals surface area contributed by atoms with E-state index in [1.807, 2.05) is 6.07 Å². The molecule has 2 heteroatoms. The Labute approximate surface area is 103 Å². The van der Waals surface area contributed by atoms with Crippen molar-refractivity contribution >= 4 is 11.4 Å². The van der Waals surface area contributed by atoms with Gasteiger partial charge in [0.2, 0.25) is 0 Å². The van der Waals surface area contributed by atoms with Crippen molar-refractivity contribution in [1.29, 1.82) is 0 Å². The van der Waals surface area contributed by atoms with Gasteiger partial charge in [0.1, 0.15) is 0 Å². The average Bonchev–Trinajstić information content (AvgIpc) is 3.03. The quantitative estimate of drug-likeness (QED) is 0.749. The summed E-state index contributed by atoms with van der Waals surface area (Å²) in [5.41, 5.74) is 9.91. The van der Waals surface area contributed by atoms with Gasteiger partial charge in [0, 0.05) is 29.5 Å². The number of hydrogen-bond acceptors (Lipinski definition) is 2. The van der Waals surface area contributed by atoms with Crippen molar-refractivity contribution in [2.24, 2.45) is 11.8 Å². The number of benzene rings is 1. The third-order valence-corrected chi connectivity index (χ3v) is 5.20. The van der Waals surface area contributed by atoms with Crippen molar-refractivity contribution in [3.05, 3.63) is 23.8 Å². The molecule has 1 aliphatic heterocycles. The second-order valence-corrected chi connectivity index (χ2v) is 6.03. The molecule has 2 N–H and O–H groups in total. The van der Waals surface area contributed by atoms with Gasteiger partial charge < -0.3 is 10.6 Å². The third-order valence-electron chi connectivity index (χ3n) is 5.20. The minimum absolute atomic E-state index is 0.816. The largest absolute Gasteiger partial charge is 0.398 e. The fraction of sp³-hybridized carbons (Fsp3) is 0.600. The van der Waals surface area contributed by atoms with Crippen LogP contribution in [0.15, 0.2) is 18.2 Å². The molecule has 1 heterocycles. The van der Waals surface area contributed by atoms with Crippen molar-refractivity contribution in [2.75, 3.05) is 17.2 Å². The Morgan fingerprint density at radius 2 is 2.12 bits per heavy atom. The second kappa shape index (κ2) is 3.41. The lowest BCUT2D eigenvalue weighted by Crippen LogP contribution is -2.37. The van der Waals surface area contributed by atoms with E-state index in [1.54, 1.807) is 0 Å². The molecule has 2 saturated carbocycles. The van der Waals surface area contributed by atoms with Crippen molar-refractivity contribution < 1.29 is 0 Å². The number of rotatable bonds is 1. The first-order valence-electron chi connectivity index (χ1n) is 6.97. The van der Waals surface area contributed by atoms with Gasteiger partial charge >= 0.3 is 0 Å². The van der Waals surface area contributed by atoms with Crippen LogP contribution >= 0.6 is 0 Å². The van der Waals surface area contributed by atoms with Gasteiger partial charge in [-0.3, -0.25) is 0 Å². The molecule has 0 amide bonds. The minimum Gasteiger partial charge on any atom is -0.398 e. The molecule has 3 unspecified atom stereocenters. The van der Waals surface area contributed by atoms with Crippen LogP contribution in [0.4, 0.5) is 11.4 Å². The molecule has 3 atom stereocenters. The van der Waals surface area contributed by atoms with Gasteiger partial charge in [-0.05, 0) is 49.7 Å². The van der Waals surface area contributed by atoms with Gasteiger partial charge in [-0.2, -0.15) is 0 Å². The zero-order chi connectivity index (χ0) is 11.4. The number of nitrogens with two attached hydrogens (primary N) is 1. The van der Waals surface area contributed by atoms with E-state index in [0.717, 1.165) is 30.0 Å². The van der Waals surface area contributed by atoms with Crippen molar-refractivity contribution in [2.45, 2.75) is 38.1 Å². The normalized spacial score (nSPS) is 34.4. The molecule has 17 heavy (non-hydrogen) atoms. The van der Waals surface area contributed by atoms with E-state index in [-0.39, 0.29) is 0 Å². The zero-order valence-corrected chi connectivity index (χ0v) is 10.2. The second-order valence-electron chi connectivity index (χ2n) is 6.03. The third kappa shape index (κ3) is 1.33. The van der Waals surface area contributed by atoms with E-state index in [1.165, 1.54) is 43.5 Å².